The second-order valence-electron chi connectivity index (χ2n) is 2.41. The van der Waals surface area contributed by atoms with Gasteiger partial charge in [0, 0.05) is 0 Å². The first-order valence-corrected chi connectivity index (χ1v) is 4.07. The molecule has 0 aromatic carbocycles. The molecule has 1 aromatic rings. The standard InChI is InChI=1S/C8H4ClF3N2/c9-2-4-1-5(8(11)12)7(10)6(3-13)14-4/h1,8H,2H2. The Hall–Kier alpha value is -1.28. The first-order chi connectivity index (χ1) is 6.60. The van der Waals surface area contributed by atoms with Gasteiger partial charge in [0.1, 0.15) is 6.07 Å². The Bertz CT molecular complexity index is 387. The molecule has 0 aliphatic rings. The fourth-order valence-electron chi connectivity index (χ4n) is 0.906. The lowest BCUT2D eigenvalue weighted by molar-refractivity contribution is 0.146. The zero-order chi connectivity index (χ0) is 10.7. The number of halogens is 4. The van der Waals surface area contributed by atoms with E-state index in [9.17, 15) is 13.2 Å². The SMILES string of the molecule is N#Cc1nc(CCl)cc(C(F)F)c1F. The van der Waals surface area contributed by atoms with Crippen LogP contribution in [0.15, 0.2) is 6.07 Å². The minimum absolute atomic E-state index is 0.0555. The van der Waals surface area contributed by atoms with E-state index < -0.39 is 23.5 Å². The second kappa shape index (κ2) is 4.29. The summed E-state index contributed by atoms with van der Waals surface area (Å²) in [6, 6.07) is 2.24. The second-order valence-corrected chi connectivity index (χ2v) is 2.68. The summed E-state index contributed by atoms with van der Waals surface area (Å²) in [6.07, 6.45) is -2.98. The van der Waals surface area contributed by atoms with Crippen molar-refractivity contribution in [2.24, 2.45) is 0 Å². The molecule has 0 aliphatic carbocycles. The number of hydrogen-bond donors (Lipinski definition) is 0. The lowest BCUT2D eigenvalue weighted by atomic mass is 10.2. The van der Waals surface area contributed by atoms with Gasteiger partial charge in [-0.1, -0.05) is 0 Å². The van der Waals surface area contributed by atoms with Gasteiger partial charge in [0.25, 0.3) is 6.43 Å². The van der Waals surface area contributed by atoms with E-state index >= 15 is 0 Å². The summed E-state index contributed by atoms with van der Waals surface area (Å²) in [5.74, 6) is -1.43. The Morgan fingerprint density at radius 1 is 1.57 bits per heavy atom. The molecule has 1 aromatic heterocycles. The number of nitriles is 1. The van der Waals surface area contributed by atoms with Crippen LogP contribution < -0.4 is 0 Å². The van der Waals surface area contributed by atoms with Crippen molar-refractivity contribution < 1.29 is 13.2 Å². The van der Waals surface area contributed by atoms with Crippen LogP contribution in [-0.2, 0) is 5.88 Å². The van der Waals surface area contributed by atoms with Gasteiger partial charge in [-0.05, 0) is 6.07 Å². The lowest BCUT2D eigenvalue weighted by Crippen LogP contribution is -2.01. The van der Waals surface area contributed by atoms with Gasteiger partial charge in [-0.3, -0.25) is 0 Å². The fourth-order valence-corrected chi connectivity index (χ4v) is 1.04. The average Bonchev–Trinajstić information content (AvgIpc) is 2.17. The molecule has 0 amide bonds. The molecule has 1 heterocycles. The Labute approximate surface area is 82.9 Å². The van der Waals surface area contributed by atoms with Crippen molar-refractivity contribution in [2.45, 2.75) is 12.3 Å². The van der Waals surface area contributed by atoms with Crippen molar-refractivity contribution in [3.05, 3.63) is 28.8 Å². The third-order valence-corrected chi connectivity index (χ3v) is 1.79. The molecule has 0 saturated heterocycles. The van der Waals surface area contributed by atoms with Crippen LogP contribution in [0.4, 0.5) is 13.2 Å². The van der Waals surface area contributed by atoms with Crippen LogP contribution in [0.25, 0.3) is 0 Å². The molecule has 0 N–H and O–H groups in total. The maximum atomic E-state index is 13.0. The van der Waals surface area contributed by atoms with Gasteiger partial charge in [0.05, 0.1) is 17.1 Å². The molecule has 0 fully saturated rings. The zero-order valence-electron chi connectivity index (χ0n) is 6.77. The molecule has 14 heavy (non-hydrogen) atoms. The molecular formula is C8H4ClF3N2. The van der Waals surface area contributed by atoms with Gasteiger partial charge in [0.2, 0.25) is 0 Å². The third kappa shape index (κ3) is 1.96. The highest BCUT2D eigenvalue weighted by molar-refractivity contribution is 6.16. The van der Waals surface area contributed by atoms with Crippen molar-refractivity contribution in [2.75, 3.05) is 0 Å². The van der Waals surface area contributed by atoms with E-state index in [1.165, 1.54) is 6.07 Å². The van der Waals surface area contributed by atoms with E-state index in [-0.39, 0.29) is 11.6 Å². The first-order valence-electron chi connectivity index (χ1n) is 3.53. The number of hydrogen-bond acceptors (Lipinski definition) is 2. The molecule has 1 rings (SSSR count). The first kappa shape index (κ1) is 10.8. The minimum atomic E-state index is -2.98. The fraction of sp³-hybridized carbons (Fsp3) is 0.250. The van der Waals surface area contributed by atoms with Crippen LogP contribution in [-0.4, -0.2) is 4.98 Å². The van der Waals surface area contributed by atoms with E-state index in [4.69, 9.17) is 16.9 Å². The quantitative estimate of drug-likeness (QED) is 0.719. The number of alkyl halides is 3. The van der Waals surface area contributed by atoms with E-state index in [1.54, 1.807) is 0 Å². The summed E-state index contributed by atoms with van der Waals surface area (Å²) >= 11 is 5.35. The van der Waals surface area contributed by atoms with Crippen LogP contribution in [0.1, 0.15) is 23.4 Å². The smallest absolute Gasteiger partial charge is 0.238 e. The predicted molar refractivity (Wildman–Crippen MR) is 43.4 cm³/mol. The molecule has 0 aliphatic heterocycles. The molecule has 0 saturated carbocycles. The molecule has 0 atom stereocenters. The van der Waals surface area contributed by atoms with Crippen LogP contribution in [0.5, 0.6) is 0 Å². The normalized spacial score (nSPS) is 10.3. The Balaban J connectivity index is 3.36. The zero-order valence-corrected chi connectivity index (χ0v) is 7.52. The molecule has 6 heteroatoms. The van der Waals surface area contributed by atoms with Gasteiger partial charge in [-0.15, -0.1) is 11.6 Å². The van der Waals surface area contributed by atoms with Crippen molar-refractivity contribution in [3.63, 3.8) is 0 Å². The average molecular weight is 221 g/mol. The van der Waals surface area contributed by atoms with Crippen LogP contribution >= 0.6 is 11.6 Å². The van der Waals surface area contributed by atoms with Gasteiger partial charge < -0.3 is 0 Å². The van der Waals surface area contributed by atoms with Gasteiger partial charge in [-0.25, -0.2) is 18.2 Å². The summed E-state index contributed by atoms with van der Waals surface area (Å²) < 4.78 is 37.5. The van der Waals surface area contributed by atoms with E-state index in [2.05, 4.69) is 4.98 Å². The number of aromatic nitrogens is 1. The third-order valence-electron chi connectivity index (χ3n) is 1.52. The summed E-state index contributed by atoms with van der Waals surface area (Å²) in [6.45, 7) is 0. The molecule has 2 nitrogen and oxygen atoms in total. The van der Waals surface area contributed by atoms with E-state index in [0.29, 0.717) is 0 Å². The number of nitrogens with zero attached hydrogens (tertiary/aromatic N) is 2. The van der Waals surface area contributed by atoms with Crippen molar-refractivity contribution in [1.29, 1.82) is 5.26 Å². The number of pyridine rings is 1. The molecule has 74 valence electrons. The summed E-state index contributed by atoms with van der Waals surface area (Å²) in [5, 5.41) is 8.40. The monoisotopic (exact) mass is 220 g/mol. The summed E-state index contributed by atoms with van der Waals surface area (Å²) in [4.78, 5) is 3.45. The van der Waals surface area contributed by atoms with Crippen molar-refractivity contribution in [1.82, 2.24) is 4.98 Å². The highest BCUT2D eigenvalue weighted by Crippen LogP contribution is 2.24. The highest BCUT2D eigenvalue weighted by atomic mass is 35.5. The maximum Gasteiger partial charge on any atom is 0.266 e. The topological polar surface area (TPSA) is 36.7 Å². The van der Waals surface area contributed by atoms with Gasteiger partial charge >= 0.3 is 0 Å². The van der Waals surface area contributed by atoms with Crippen molar-refractivity contribution >= 4 is 11.6 Å². The van der Waals surface area contributed by atoms with Crippen LogP contribution in [0, 0.1) is 17.1 Å². The Morgan fingerprint density at radius 3 is 2.64 bits per heavy atom. The van der Waals surface area contributed by atoms with Gasteiger partial charge in [0.15, 0.2) is 11.5 Å². The molecule has 0 radical (unpaired) electrons. The summed E-state index contributed by atoms with van der Waals surface area (Å²) in [5.41, 5.74) is -1.44. The lowest BCUT2D eigenvalue weighted by Gasteiger charge is -2.04. The number of rotatable bonds is 2. The molecule has 0 unspecified atom stereocenters. The predicted octanol–water partition coefficient (Wildman–Crippen LogP) is 2.77. The van der Waals surface area contributed by atoms with E-state index in [0.717, 1.165) is 6.07 Å². The highest BCUT2D eigenvalue weighted by Gasteiger charge is 2.18. The van der Waals surface area contributed by atoms with Gasteiger partial charge in [-0.2, -0.15) is 5.26 Å². The van der Waals surface area contributed by atoms with E-state index in [1.807, 2.05) is 0 Å². The largest absolute Gasteiger partial charge is 0.266 e. The maximum absolute atomic E-state index is 13.0. The van der Waals surface area contributed by atoms with Crippen molar-refractivity contribution in [3.8, 4) is 6.07 Å². The minimum Gasteiger partial charge on any atom is -0.238 e. The van der Waals surface area contributed by atoms with Crippen LogP contribution in [0.3, 0.4) is 0 Å². The molecular weight excluding hydrogens is 217 g/mol. The van der Waals surface area contributed by atoms with Crippen LogP contribution in [0.2, 0.25) is 0 Å². The molecule has 0 bridgehead atoms. The Morgan fingerprint density at radius 2 is 2.21 bits per heavy atom. The summed E-state index contributed by atoms with van der Waals surface area (Å²) in [7, 11) is 0. The molecule has 0 spiro atoms. The Kier molecular flexibility index (Phi) is 3.31.